The van der Waals surface area contributed by atoms with Crippen LogP contribution in [0.4, 0.5) is 0 Å². The molecule has 9 nitrogen and oxygen atoms in total. The monoisotopic (exact) mass is 540 g/mol. The molecule has 1 aliphatic rings. The number of amides is 2. The van der Waals surface area contributed by atoms with Gasteiger partial charge in [-0.2, -0.15) is 5.10 Å². The topological polar surface area (TPSA) is 94.9 Å². The number of aromatic nitrogens is 2. The summed E-state index contributed by atoms with van der Waals surface area (Å²) in [5, 5.41) is 7.75. The lowest BCUT2D eigenvalue weighted by molar-refractivity contribution is -0.133. The predicted molar refractivity (Wildman–Crippen MR) is 150 cm³/mol. The van der Waals surface area contributed by atoms with Crippen molar-refractivity contribution in [2.24, 2.45) is 0 Å². The van der Waals surface area contributed by atoms with Crippen LogP contribution in [-0.2, 0) is 24.4 Å². The SMILES string of the molecule is COc1ccccc1CNC(=O)[C@]1(C)Cn2nc(-c3ccccc3)cc2C(=O)N1Cc1cccc(OC)c1OC. The Kier molecular flexibility index (Phi) is 7.46. The van der Waals surface area contributed by atoms with Crippen molar-refractivity contribution >= 4 is 11.8 Å². The van der Waals surface area contributed by atoms with Gasteiger partial charge >= 0.3 is 0 Å². The number of nitrogens with one attached hydrogen (secondary N) is 1. The van der Waals surface area contributed by atoms with Crippen LogP contribution in [0.15, 0.2) is 78.9 Å². The van der Waals surface area contributed by atoms with Crippen LogP contribution in [-0.4, -0.2) is 53.4 Å². The molecule has 1 atom stereocenters. The maximum atomic E-state index is 14.1. The molecular weight excluding hydrogens is 508 g/mol. The minimum Gasteiger partial charge on any atom is -0.496 e. The quantitative estimate of drug-likeness (QED) is 0.340. The Bertz CT molecular complexity index is 1530. The lowest BCUT2D eigenvalue weighted by atomic mass is 9.93. The van der Waals surface area contributed by atoms with E-state index in [0.29, 0.717) is 28.6 Å². The Balaban J connectivity index is 1.53. The molecule has 3 aromatic carbocycles. The minimum absolute atomic E-state index is 0.129. The highest BCUT2D eigenvalue weighted by Crippen LogP contribution is 2.36. The second-order valence-corrected chi connectivity index (χ2v) is 9.75. The first kappa shape index (κ1) is 26.8. The smallest absolute Gasteiger partial charge is 0.273 e. The first-order valence-electron chi connectivity index (χ1n) is 12.9. The molecule has 40 heavy (non-hydrogen) atoms. The summed E-state index contributed by atoms with van der Waals surface area (Å²) in [6.45, 7) is 2.31. The molecule has 0 bridgehead atoms. The number of hydrogen-bond donors (Lipinski definition) is 1. The van der Waals surface area contributed by atoms with Gasteiger partial charge in [-0.05, 0) is 25.1 Å². The third kappa shape index (κ3) is 4.86. The van der Waals surface area contributed by atoms with Gasteiger partial charge in [-0.15, -0.1) is 0 Å². The molecule has 1 N–H and O–H groups in total. The Labute approximate surface area is 233 Å². The number of rotatable bonds is 9. The first-order chi connectivity index (χ1) is 19.4. The van der Waals surface area contributed by atoms with Crippen LogP contribution in [0.25, 0.3) is 11.3 Å². The van der Waals surface area contributed by atoms with Crippen molar-refractivity contribution in [2.45, 2.75) is 32.1 Å². The van der Waals surface area contributed by atoms with Gasteiger partial charge in [0, 0.05) is 23.2 Å². The third-order valence-corrected chi connectivity index (χ3v) is 7.30. The standard InChI is InChI=1S/C31H32N4O5/c1-31(30(37)32-18-22-13-8-9-15-26(22)38-2)20-35-25(17-24(33-35)21-11-6-5-7-12-21)29(36)34(31)19-23-14-10-16-27(39-3)28(23)40-4/h5-17H,18-20H2,1-4H3,(H,32,37)/t31-/m0/s1. The summed E-state index contributed by atoms with van der Waals surface area (Å²) in [6.07, 6.45) is 0. The van der Waals surface area contributed by atoms with E-state index in [9.17, 15) is 9.59 Å². The number of para-hydroxylation sites is 2. The molecule has 0 spiro atoms. The minimum atomic E-state index is -1.26. The van der Waals surface area contributed by atoms with Gasteiger partial charge in [-0.25, -0.2) is 0 Å². The largest absolute Gasteiger partial charge is 0.496 e. The third-order valence-electron chi connectivity index (χ3n) is 7.30. The van der Waals surface area contributed by atoms with Gasteiger partial charge in [0.2, 0.25) is 5.91 Å². The second-order valence-electron chi connectivity index (χ2n) is 9.75. The summed E-state index contributed by atoms with van der Waals surface area (Å²) in [5.74, 6) is 1.12. The molecule has 2 heterocycles. The number of fused-ring (bicyclic) bond motifs is 1. The summed E-state index contributed by atoms with van der Waals surface area (Å²) in [6, 6.07) is 24.4. The van der Waals surface area contributed by atoms with Gasteiger partial charge in [-0.1, -0.05) is 60.7 Å². The number of hydrogen-bond acceptors (Lipinski definition) is 6. The van der Waals surface area contributed by atoms with Gasteiger partial charge < -0.3 is 24.4 Å². The molecule has 4 aromatic rings. The van der Waals surface area contributed by atoms with E-state index in [1.165, 1.54) is 0 Å². The number of benzene rings is 3. The van der Waals surface area contributed by atoms with Gasteiger partial charge in [0.25, 0.3) is 5.91 Å². The Morgan fingerprint density at radius 3 is 2.30 bits per heavy atom. The highest BCUT2D eigenvalue weighted by Gasteiger charge is 2.48. The Morgan fingerprint density at radius 2 is 1.57 bits per heavy atom. The van der Waals surface area contributed by atoms with Crippen molar-refractivity contribution in [3.63, 3.8) is 0 Å². The molecule has 1 aliphatic heterocycles. The van der Waals surface area contributed by atoms with Crippen LogP contribution in [0, 0.1) is 0 Å². The number of carbonyl (C=O) groups excluding carboxylic acids is 2. The van der Waals surface area contributed by atoms with Gasteiger partial charge in [0.1, 0.15) is 17.0 Å². The average Bonchev–Trinajstić information content (AvgIpc) is 3.42. The predicted octanol–water partition coefficient (Wildman–Crippen LogP) is 4.31. The van der Waals surface area contributed by atoms with Crippen LogP contribution in [0.2, 0.25) is 0 Å². The zero-order valence-electron chi connectivity index (χ0n) is 23.0. The molecule has 0 saturated carbocycles. The number of carbonyl (C=O) groups is 2. The van der Waals surface area contributed by atoms with E-state index < -0.39 is 5.54 Å². The summed E-state index contributed by atoms with van der Waals surface area (Å²) < 4.78 is 18.2. The van der Waals surface area contributed by atoms with Crippen LogP contribution < -0.4 is 19.5 Å². The maximum absolute atomic E-state index is 14.1. The maximum Gasteiger partial charge on any atom is 0.273 e. The van der Waals surface area contributed by atoms with Gasteiger partial charge in [0.05, 0.1) is 40.1 Å². The molecule has 206 valence electrons. The van der Waals surface area contributed by atoms with Crippen LogP contribution in [0.5, 0.6) is 17.2 Å². The van der Waals surface area contributed by atoms with Gasteiger partial charge in [-0.3, -0.25) is 14.3 Å². The fourth-order valence-electron chi connectivity index (χ4n) is 5.10. The molecule has 0 radical (unpaired) electrons. The first-order valence-corrected chi connectivity index (χ1v) is 12.9. The van der Waals surface area contributed by atoms with E-state index in [4.69, 9.17) is 19.3 Å². The normalized spacial score (nSPS) is 16.3. The van der Waals surface area contributed by atoms with Crippen molar-refractivity contribution < 1.29 is 23.8 Å². The average molecular weight is 541 g/mol. The highest BCUT2D eigenvalue weighted by atomic mass is 16.5. The molecule has 0 aliphatic carbocycles. The Hall–Kier alpha value is -4.79. The van der Waals surface area contributed by atoms with Gasteiger partial charge in [0.15, 0.2) is 11.5 Å². The number of methoxy groups -OCH3 is 3. The van der Waals surface area contributed by atoms with Crippen molar-refractivity contribution in [1.29, 1.82) is 0 Å². The van der Waals surface area contributed by atoms with E-state index in [-0.39, 0.29) is 31.4 Å². The molecule has 5 rings (SSSR count). The molecule has 0 saturated heterocycles. The van der Waals surface area contributed by atoms with Crippen LogP contribution in [0.3, 0.4) is 0 Å². The molecule has 0 fully saturated rings. The van der Waals surface area contributed by atoms with Crippen LogP contribution >= 0.6 is 0 Å². The lowest BCUT2D eigenvalue weighted by Gasteiger charge is -2.43. The lowest BCUT2D eigenvalue weighted by Crippen LogP contribution is -2.63. The molecule has 1 aromatic heterocycles. The molecule has 9 heteroatoms. The zero-order chi connectivity index (χ0) is 28.3. The summed E-state index contributed by atoms with van der Waals surface area (Å²) in [4.78, 5) is 29.7. The summed E-state index contributed by atoms with van der Waals surface area (Å²) in [5.41, 5.74) is 2.25. The van der Waals surface area contributed by atoms with Crippen molar-refractivity contribution in [3.8, 4) is 28.5 Å². The van der Waals surface area contributed by atoms with Crippen molar-refractivity contribution in [1.82, 2.24) is 20.0 Å². The fraction of sp³-hybridized carbons (Fsp3) is 0.258. The summed E-state index contributed by atoms with van der Waals surface area (Å²) in [7, 11) is 4.71. The Morgan fingerprint density at radius 1 is 0.900 bits per heavy atom. The molecule has 2 amide bonds. The number of nitrogens with zero attached hydrogens (tertiary/aromatic N) is 3. The highest BCUT2D eigenvalue weighted by molar-refractivity contribution is 6.00. The van der Waals surface area contributed by atoms with Crippen LogP contribution in [0.1, 0.15) is 28.5 Å². The van der Waals surface area contributed by atoms with Crippen molar-refractivity contribution in [2.75, 3.05) is 21.3 Å². The van der Waals surface area contributed by atoms with E-state index in [1.807, 2.05) is 66.7 Å². The summed E-state index contributed by atoms with van der Waals surface area (Å²) >= 11 is 0. The van der Waals surface area contributed by atoms with Crippen molar-refractivity contribution in [3.05, 3.63) is 95.7 Å². The van der Waals surface area contributed by atoms with E-state index in [1.54, 1.807) is 50.0 Å². The second kappa shape index (κ2) is 11.1. The van der Waals surface area contributed by atoms with E-state index in [2.05, 4.69) is 5.32 Å². The molecular formula is C31H32N4O5. The molecule has 0 unspecified atom stereocenters. The van der Waals surface area contributed by atoms with E-state index in [0.717, 1.165) is 16.7 Å². The fourth-order valence-corrected chi connectivity index (χ4v) is 5.10. The number of ether oxygens (including phenoxy) is 3. The van der Waals surface area contributed by atoms with E-state index >= 15 is 0 Å². The zero-order valence-corrected chi connectivity index (χ0v) is 23.0.